The van der Waals surface area contributed by atoms with Gasteiger partial charge in [0, 0.05) is 17.8 Å². The number of carbonyl (C=O) groups excluding carboxylic acids is 1. The molecule has 0 amide bonds. The van der Waals surface area contributed by atoms with Crippen LogP contribution >= 0.6 is 0 Å². The predicted octanol–water partition coefficient (Wildman–Crippen LogP) is 1.65. The van der Waals surface area contributed by atoms with Crippen LogP contribution in [0.25, 0.3) is 0 Å². The van der Waals surface area contributed by atoms with E-state index in [1.807, 2.05) is 6.92 Å². The van der Waals surface area contributed by atoms with Crippen molar-refractivity contribution in [2.75, 3.05) is 6.61 Å². The lowest BCUT2D eigenvalue weighted by atomic mass is 9.44. The summed E-state index contributed by atoms with van der Waals surface area (Å²) in [5.41, 5.74) is -2.09. The van der Waals surface area contributed by atoms with E-state index in [1.54, 1.807) is 0 Å². The van der Waals surface area contributed by atoms with Crippen LogP contribution in [-0.4, -0.2) is 50.6 Å². The number of aliphatic hydroxyl groups excluding tert-OH is 3. The van der Waals surface area contributed by atoms with Crippen molar-refractivity contribution in [1.82, 2.24) is 0 Å². The molecule has 4 N–H and O–H groups in total. The van der Waals surface area contributed by atoms with Crippen LogP contribution in [0.4, 0.5) is 0 Å². The first-order valence-electron chi connectivity index (χ1n) is 10.4. The number of carbonyl (C=O) groups is 1. The molecule has 0 heterocycles. The smallest absolute Gasteiger partial charge is 0.137 e. The summed E-state index contributed by atoms with van der Waals surface area (Å²) in [6.45, 7) is 3.74. The highest BCUT2D eigenvalue weighted by Crippen LogP contribution is 2.67. The molecule has 26 heavy (non-hydrogen) atoms. The molecular weight excluding hydrogens is 332 g/mol. The van der Waals surface area contributed by atoms with E-state index in [9.17, 15) is 25.2 Å². The van der Waals surface area contributed by atoms with Gasteiger partial charge in [-0.25, -0.2) is 0 Å². The first kappa shape index (κ1) is 18.9. The zero-order chi connectivity index (χ0) is 18.9. The fourth-order valence-electron chi connectivity index (χ4n) is 7.79. The first-order chi connectivity index (χ1) is 12.2. The van der Waals surface area contributed by atoms with Crippen LogP contribution in [0.15, 0.2) is 0 Å². The Morgan fingerprint density at radius 1 is 1.15 bits per heavy atom. The van der Waals surface area contributed by atoms with Gasteiger partial charge in [0.05, 0.1) is 18.3 Å². The maximum atomic E-state index is 13.4. The molecule has 148 valence electrons. The van der Waals surface area contributed by atoms with Crippen molar-refractivity contribution in [2.24, 2.45) is 34.5 Å². The Kier molecular flexibility index (Phi) is 4.35. The third-order valence-electron chi connectivity index (χ3n) is 9.27. The van der Waals surface area contributed by atoms with Crippen LogP contribution < -0.4 is 0 Å². The molecule has 0 aromatic heterocycles. The Balaban J connectivity index is 1.69. The maximum absolute atomic E-state index is 13.4. The summed E-state index contributed by atoms with van der Waals surface area (Å²) >= 11 is 0. The van der Waals surface area contributed by atoms with Gasteiger partial charge in [0.2, 0.25) is 0 Å². The standard InChI is InChI=1S/C21H34O5/c1-19-7-5-13(23)9-12(19)3-4-14-15-6-8-21(26,17(25)11-22)20(15,2)10-16(24)18(14)19/h12-15,17-18,22-23,25-26H,3-11H2,1-2H3/t12?,13-,14?,15?,17?,18?,19?,20?,21+/m1/s1. The average Bonchev–Trinajstić information content (AvgIpc) is 2.86. The van der Waals surface area contributed by atoms with Crippen molar-refractivity contribution in [1.29, 1.82) is 0 Å². The fraction of sp³-hybridized carbons (Fsp3) is 0.952. The monoisotopic (exact) mass is 366 g/mol. The molecular formula is C21H34O5. The largest absolute Gasteiger partial charge is 0.394 e. The summed E-state index contributed by atoms with van der Waals surface area (Å²) in [5.74, 6) is 1.10. The van der Waals surface area contributed by atoms with Gasteiger partial charge < -0.3 is 20.4 Å². The van der Waals surface area contributed by atoms with Gasteiger partial charge in [0.15, 0.2) is 0 Å². The number of Topliss-reactive ketones (excluding diaryl/α,β-unsaturated/α-hetero) is 1. The van der Waals surface area contributed by atoms with Crippen molar-refractivity contribution >= 4 is 5.78 Å². The van der Waals surface area contributed by atoms with Crippen molar-refractivity contribution in [3.05, 3.63) is 0 Å². The minimum Gasteiger partial charge on any atom is -0.394 e. The number of aliphatic hydroxyl groups is 4. The Bertz CT molecular complexity index is 593. The molecule has 0 radical (unpaired) electrons. The van der Waals surface area contributed by atoms with Crippen LogP contribution in [0.3, 0.4) is 0 Å². The van der Waals surface area contributed by atoms with Gasteiger partial charge in [-0.15, -0.1) is 0 Å². The molecule has 4 fully saturated rings. The highest BCUT2D eigenvalue weighted by Gasteiger charge is 2.68. The van der Waals surface area contributed by atoms with Crippen molar-refractivity contribution < 1.29 is 25.2 Å². The van der Waals surface area contributed by atoms with Crippen LogP contribution in [0.1, 0.15) is 65.2 Å². The van der Waals surface area contributed by atoms with E-state index < -0.39 is 23.7 Å². The summed E-state index contributed by atoms with van der Waals surface area (Å²) < 4.78 is 0. The Hall–Kier alpha value is -0.490. The molecule has 4 rings (SSSR count). The summed E-state index contributed by atoms with van der Waals surface area (Å²) in [6, 6.07) is 0. The molecule has 9 atom stereocenters. The summed E-state index contributed by atoms with van der Waals surface area (Å²) in [7, 11) is 0. The molecule has 4 aliphatic rings. The van der Waals surface area contributed by atoms with Crippen LogP contribution in [0.5, 0.6) is 0 Å². The van der Waals surface area contributed by atoms with Crippen molar-refractivity contribution in [2.45, 2.75) is 83.0 Å². The van der Waals surface area contributed by atoms with Gasteiger partial charge in [-0.2, -0.15) is 0 Å². The van der Waals surface area contributed by atoms with E-state index in [-0.39, 0.29) is 41.5 Å². The van der Waals surface area contributed by atoms with Crippen LogP contribution in [0.2, 0.25) is 0 Å². The second-order valence-corrected chi connectivity index (χ2v) is 10.2. The summed E-state index contributed by atoms with van der Waals surface area (Å²) in [5, 5.41) is 41.2. The van der Waals surface area contributed by atoms with E-state index in [0.29, 0.717) is 12.3 Å². The lowest BCUT2D eigenvalue weighted by Gasteiger charge is -2.60. The lowest BCUT2D eigenvalue weighted by molar-refractivity contribution is -0.196. The van der Waals surface area contributed by atoms with Gasteiger partial charge in [-0.1, -0.05) is 13.8 Å². The van der Waals surface area contributed by atoms with E-state index in [0.717, 1.165) is 38.5 Å². The topological polar surface area (TPSA) is 98.0 Å². The van der Waals surface area contributed by atoms with Gasteiger partial charge >= 0.3 is 0 Å². The number of hydrogen-bond donors (Lipinski definition) is 4. The van der Waals surface area contributed by atoms with E-state index in [1.165, 1.54) is 0 Å². The molecule has 0 aromatic carbocycles. The highest BCUT2D eigenvalue weighted by molar-refractivity contribution is 5.84. The van der Waals surface area contributed by atoms with Gasteiger partial charge in [0.25, 0.3) is 0 Å². The molecule has 4 aliphatic carbocycles. The first-order valence-corrected chi connectivity index (χ1v) is 10.4. The second-order valence-electron chi connectivity index (χ2n) is 10.2. The number of hydrogen-bond acceptors (Lipinski definition) is 5. The predicted molar refractivity (Wildman–Crippen MR) is 96.2 cm³/mol. The van der Waals surface area contributed by atoms with E-state index in [4.69, 9.17) is 0 Å². The molecule has 0 spiro atoms. The van der Waals surface area contributed by atoms with Gasteiger partial charge in [0.1, 0.15) is 11.9 Å². The zero-order valence-corrected chi connectivity index (χ0v) is 16.0. The summed E-state index contributed by atoms with van der Waals surface area (Å²) in [4.78, 5) is 13.4. The molecule has 0 aliphatic heterocycles. The highest BCUT2D eigenvalue weighted by atomic mass is 16.4. The quantitative estimate of drug-likeness (QED) is 0.596. The minimum absolute atomic E-state index is 0.0143. The average molecular weight is 366 g/mol. The van der Waals surface area contributed by atoms with E-state index >= 15 is 0 Å². The number of fused-ring (bicyclic) bond motifs is 5. The normalized spacial score (nSPS) is 55.0. The van der Waals surface area contributed by atoms with Crippen molar-refractivity contribution in [3.8, 4) is 0 Å². The SMILES string of the molecule is CC12CC[C@@H](O)CC1CCC1C2C(=O)CC2(C)C1CC[C@]2(O)C(O)CO. The van der Waals surface area contributed by atoms with Crippen molar-refractivity contribution in [3.63, 3.8) is 0 Å². The van der Waals surface area contributed by atoms with Gasteiger partial charge in [-0.3, -0.25) is 4.79 Å². The molecule has 5 heteroatoms. The lowest BCUT2D eigenvalue weighted by Crippen LogP contribution is -2.63. The minimum atomic E-state index is -1.38. The van der Waals surface area contributed by atoms with Gasteiger partial charge in [-0.05, 0) is 68.1 Å². The van der Waals surface area contributed by atoms with Crippen LogP contribution in [0, 0.1) is 34.5 Å². The zero-order valence-electron chi connectivity index (χ0n) is 16.0. The Morgan fingerprint density at radius 2 is 1.88 bits per heavy atom. The Morgan fingerprint density at radius 3 is 2.58 bits per heavy atom. The maximum Gasteiger partial charge on any atom is 0.137 e. The Labute approximate surface area is 155 Å². The molecule has 0 aromatic rings. The number of ketones is 1. The third-order valence-corrected chi connectivity index (χ3v) is 9.27. The molecule has 0 saturated heterocycles. The van der Waals surface area contributed by atoms with E-state index in [2.05, 4.69) is 6.92 Å². The molecule has 5 nitrogen and oxygen atoms in total. The number of rotatable bonds is 2. The molecule has 0 bridgehead atoms. The second kappa shape index (κ2) is 6.00. The fourth-order valence-corrected chi connectivity index (χ4v) is 7.79. The molecule has 7 unspecified atom stereocenters. The summed E-state index contributed by atoms with van der Waals surface area (Å²) in [6.07, 6.45) is 4.61. The van der Waals surface area contributed by atoms with Crippen LogP contribution in [-0.2, 0) is 4.79 Å². The third kappa shape index (κ3) is 2.27. The molecule has 4 saturated carbocycles.